The van der Waals surface area contributed by atoms with Gasteiger partial charge in [0.2, 0.25) is 5.89 Å². The normalized spacial score (nSPS) is 12.3. The van der Waals surface area contributed by atoms with Crippen LogP contribution in [0, 0.1) is 0 Å². The largest absolute Gasteiger partial charge is 0.482 e. The molecule has 0 aliphatic rings. The Morgan fingerprint density at radius 2 is 1.62 bits per heavy atom. The van der Waals surface area contributed by atoms with Crippen LogP contribution in [0.3, 0.4) is 0 Å². The van der Waals surface area contributed by atoms with Crippen LogP contribution in [0.1, 0.15) is 16.7 Å². The van der Waals surface area contributed by atoms with E-state index >= 15 is 0 Å². The van der Waals surface area contributed by atoms with Crippen LogP contribution in [0.15, 0.2) is 89.3 Å². The van der Waals surface area contributed by atoms with E-state index in [4.69, 9.17) is 14.3 Å². The first kappa shape index (κ1) is 23.3. The molecule has 0 bridgehead atoms. The molecule has 0 amide bonds. The van der Waals surface area contributed by atoms with E-state index in [1.807, 2.05) is 60.7 Å². The number of rotatable bonds is 9. The molecule has 1 heterocycles. The summed E-state index contributed by atoms with van der Waals surface area (Å²) >= 11 is 0. The van der Waals surface area contributed by atoms with Crippen molar-refractivity contribution in [3.05, 3.63) is 96.4 Å². The Balaban J connectivity index is 1.75. The SMILES string of the molecule is CS(=O)(=O)C(Cc1cccc(OCC(=O)O)c1)c1nc(-c2ccccc2)c(-c2ccccc2)o1. The predicted molar refractivity (Wildman–Crippen MR) is 128 cm³/mol. The van der Waals surface area contributed by atoms with E-state index in [1.54, 1.807) is 24.3 Å². The van der Waals surface area contributed by atoms with Gasteiger partial charge in [0, 0.05) is 17.4 Å². The van der Waals surface area contributed by atoms with Crippen LogP contribution >= 0.6 is 0 Å². The molecule has 0 radical (unpaired) electrons. The summed E-state index contributed by atoms with van der Waals surface area (Å²) in [5.41, 5.74) is 2.82. The number of carboxylic acid groups (broad SMARTS) is 1. The Labute approximate surface area is 197 Å². The molecule has 7 nitrogen and oxygen atoms in total. The van der Waals surface area contributed by atoms with Crippen LogP contribution in [-0.2, 0) is 21.1 Å². The van der Waals surface area contributed by atoms with Crippen molar-refractivity contribution in [2.24, 2.45) is 0 Å². The Bertz CT molecular complexity index is 1320. The lowest BCUT2D eigenvalue weighted by Crippen LogP contribution is -2.15. The Hall–Kier alpha value is -3.91. The molecule has 34 heavy (non-hydrogen) atoms. The molecule has 174 valence electrons. The zero-order valence-corrected chi connectivity index (χ0v) is 19.2. The molecular formula is C26H23NO6S. The fraction of sp³-hybridized carbons (Fsp3) is 0.154. The van der Waals surface area contributed by atoms with Crippen molar-refractivity contribution in [3.8, 4) is 28.3 Å². The average molecular weight is 478 g/mol. The highest BCUT2D eigenvalue weighted by Gasteiger charge is 2.31. The highest BCUT2D eigenvalue weighted by Crippen LogP contribution is 2.37. The lowest BCUT2D eigenvalue weighted by atomic mass is 10.1. The van der Waals surface area contributed by atoms with Crippen LogP contribution in [-0.4, -0.2) is 37.3 Å². The highest BCUT2D eigenvalue weighted by molar-refractivity contribution is 7.90. The Morgan fingerprint density at radius 1 is 0.971 bits per heavy atom. The topological polar surface area (TPSA) is 107 Å². The summed E-state index contributed by atoms with van der Waals surface area (Å²) in [7, 11) is -3.61. The van der Waals surface area contributed by atoms with Gasteiger partial charge in [-0.15, -0.1) is 0 Å². The smallest absolute Gasteiger partial charge is 0.341 e. The number of carboxylic acids is 1. The molecule has 0 fully saturated rings. The number of aromatic nitrogens is 1. The summed E-state index contributed by atoms with van der Waals surface area (Å²) in [5, 5.41) is 7.80. The van der Waals surface area contributed by atoms with E-state index < -0.39 is 27.7 Å². The van der Waals surface area contributed by atoms with Gasteiger partial charge < -0.3 is 14.3 Å². The van der Waals surface area contributed by atoms with Gasteiger partial charge in [-0.2, -0.15) is 0 Å². The zero-order valence-electron chi connectivity index (χ0n) is 18.4. The molecule has 4 aromatic rings. The van der Waals surface area contributed by atoms with Gasteiger partial charge in [-0.25, -0.2) is 18.2 Å². The number of benzene rings is 3. The minimum Gasteiger partial charge on any atom is -0.482 e. The molecule has 0 saturated carbocycles. The molecule has 0 aliphatic heterocycles. The summed E-state index contributed by atoms with van der Waals surface area (Å²) < 4.78 is 37.0. The maximum atomic E-state index is 12.8. The van der Waals surface area contributed by atoms with E-state index in [-0.39, 0.29) is 12.3 Å². The number of nitrogens with zero attached hydrogens (tertiary/aromatic N) is 1. The number of carbonyl (C=O) groups is 1. The Morgan fingerprint density at radius 3 is 2.24 bits per heavy atom. The van der Waals surface area contributed by atoms with Gasteiger partial charge >= 0.3 is 5.97 Å². The standard InChI is InChI=1S/C26H23NO6S/c1-34(30,31)22(16-18-9-8-14-21(15-18)32-17-23(28)29)26-27-24(19-10-4-2-5-11-19)25(33-26)20-12-6-3-7-13-20/h2-15,22H,16-17H2,1H3,(H,28,29). The van der Waals surface area contributed by atoms with Gasteiger partial charge in [0.1, 0.15) is 16.7 Å². The summed E-state index contributed by atoms with van der Waals surface area (Å²) in [5.74, 6) is -0.165. The first-order valence-electron chi connectivity index (χ1n) is 10.6. The Kier molecular flexibility index (Phi) is 6.79. The third kappa shape index (κ3) is 5.52. The lowest BCUT2D eigenvalue weighted by Gasteiger charge is -2.13. The fourth-order valence-electron chi connectivity index (χ4n) is 3.59. The van der Waals surface area contributed by atoms with Crippen molar-refractivity contribution in [2.45, 2.75) is 11.7 Å². The molecule has 3 aromatic carbocycles. The molecule has 1 atom stereocenters. The van der Waals surface area contributed by atoms with Crippen LogP contribution in [0.5, 0.6) is 5.75 Å². The summed E-state index contributed by atoms with van der Waals surface area (Å²) in [6.07, 6.45) is 1.24. The number of aliphatic carboxylic acids is 1. The fourth-order valence-corrected chi connectivity index (χ4v) is 4.56. The maximum absolute atomic E-state index is 12.8. The third-order valence-electron chi connectivity index (χ3n) is 5.20. The van der Waals surface area contributed by atoms with Crippen LogP contribution in [0.2, 0.25) is 0 Å². The van der Waals surface area contributed by atoms with Crippen LogP contribution in [0.4, 0.5) is 0 Å². The molecule has 4 rings (SSSR count). The molecule has 0 saturated heterocycles. The number of hydrogen-bond donors (Lipinski definition) is 1. The van der Waals surface area contributed by atoms with Gasteiger partial charge in [-0.1, -0.05) is 72.8 Å². The van der Waals surface area contributed by atoms with Crippen molar-refractivity contribution < 1.29 is 27.5 Å². The van der Waals surface area contributed by atoms with Crippen LogP contribution < -0.4 is 4.74 Å². The summed E-state index contributed by atoms with van der Waals surface area (Å²) in [4.78, 5) is 15.4. The average Bonchev–Trinajstić information content (AvgIpc) is 3.27. The molecule has 1 N–H and O–H groups in total. The van der Waals surface area contributed by atoms with Gasteiger partial charge in [0.25, 0.3) is 0 Å². The van der Waals surface area contributed by atoms with Crippen LogP contribution in [0.25, 0.3) is 22.6 Å². The molecule has 1 unspecified atom stereocenters. The van der Waals surface area contributed by atoms with E-state index in [0.717, 1.165) is 17.4 Å². The second-order valence-electron chi connectivity index (χ2n) is 7.81. The second kappa shape index (κ2) is 9.93. The summed E-state index contributed by atoms with van der Waals surface area (Å²) in [6.45, 7) is -0.487. The first-order valence-corrected chi connectivity index (χ1v) is 12.5. The molecule has 0 spiro atoms. The van der Waals surface area contributed by atoms with Gasteiger partial charge in [-0.3, -0.25) is 0 Å². The molecule has 0 aliphatic carbocycles. The number of oxazole rings is 1. The number of ether oxygens (including phenoxy) is 1. The highest BCUT2D eigenvalue weighted by atomic mass is 32.2. The number of sulfone groups is 1. The van der Waals surface area contributed by atoms with Gasteiger partial charge in [0.05, 0.1) is 0 Å². The third-order valence-corrected chi connectivity index (χ3v) is 6.60. The maximum Gasteiger partial charge on any atom is 0.341 e. The van der Waals surface area contributed by atoms with Gasteiger partial charge in [-0.05, 0) is 24.1 Å². The van der Waals surface area contributed by atoms with E-state index in [1.165, 1.54) is 0 Å². The van der Waals surface area contributed by atoms with E-state index in [2.05, 4.69) is 4.98 Å². The zero-order chi connectivity index (χ0) is 24.1. The van der Waals surface area contributed by atoms with E-state index in [0.29, 0.717) is 22.8 Å². The lowest BCUT2D eigenvalue weighted by molar-refractivity contribution is -0.139. The first-order chi connectivity index (χ1) is 16.3. The van der Waals surface area contributed by atoms with E-state index in [9.17, 15) is 13.2 Å². The van der Waals surface area contributed by atoms with Crippen molar-refractivity contribution in [1.29, 1.82) is 0 Å². The van der Waals surface area contributed by atoms with Crippen molar-refractivity contribution in [3.63, 3.8) is 0 Å². The summed E-state index contributed by atoms with van der Waals surface area (Å²) in [6, 6.07) is 25.6. The molecule has 8 heteroatoms. The van der Waals surface area contributed by atoms with Crippen molar-refractivity contribution in [2.75, 3.05) is 12.9 Å². The minimum atomic E-state index is -3.61. The minimum absolute atomic E-state index is 0.0894. The quantitative estimate of drug-likeness (QED) is 0.369. The monoisotopic (exact) mass is 477 g/mol. The molecular weight excluding hydrogens is 454 g/mol. The second-order valence-corrected chi connectivity index (χ2v) is 10.0. The number of hydrogen-bond acceptors (Lipinski definition) is 6. The van der Waals surface area contributed by atoms with Crippen molar-refractivity contribution in [1.82, 2.24) is 4.98 Å². The van der Waals surface area contributed by atoms with Crippen molar-refractivity contribution >= 4 is 15.8 Å². The predicted octanol–water partition coefficient (Wildman–Crippen LogP) is 4.80. The van der Waals surface area contributed by atoms with Gasteiger partial charge in [0.15, 0.2) is 22.2 Å². The molecule has 1 aromatic heterocycles.